The van der Waals surface area contributed by atoms with Gasteiger partial charge in [-0.05, 0) is 24.6 Å². The van der Waals surface area contributed by atoms with Gasteiger partial charge < -0.3 is 9.30 Å². The summed E-state index contributed by atoms with van der Waals surface area (Å²) in [6.07, 6.45) is 4.27. The fourth-order valence-corrected chi connectivity index (χ4v) is 2.58. The van der Waals surface area contributed by atoms with Crippen LogP contribution in [0.25, 0.3) is 0 Å². The number of hydrogen-bond donors (Lipinski definition) is 0. The Hall–Kier alpha value is -1.60. The molecule has 0 aliphatic heterocycles. The minimum atomic E-state index is -3.95. The summed E-state index contributed by atoms with van der Waals surface area (Å²) in [5.41, 5.74) is 0.810. The highest BCUT2D eigenvalue weighted by atomic mass is 35.7. The zero-order valence-electron chi connectivity index (χ0n) is 11.3. The smallest absolute Gasteiger partial charge is 0.261 e. The lowest BCUT2D eigenvalue weighted by atomic mass is 10.3. The molecule has 1 heterocycles. The number of hydrogen-bond acceptors (Lipinski definition) is 4. The molecule has 1 aromatic carbocycles. The van der Waals surface area contributed by atoms with Gasteiger partial charge in [-0.1, -0.05) is 6.92 Å². The maximum absolute atomic E-state index is 13.8. The third-order valence-electron chi connectivity index (χ3n) is 2.82. The molecule has 0 bridgehead atoms. The summed E-state index contributed by atoms with van der Waals surface area (Å²) in [6, 6.07) is 3.27. The van der Waals surface area contributed by atoms with Crippen molar-refractivity contribution >= 4 is 19.7 Å². The van der Waals surface area contributed by atoms with Gasteiger partial charge in [0.15, 0.2) is 11.6 Å². The Morgan fingerprint density at radius 3 is 2.81 bits per heavy atom. The normalized spacial score (nSPS) is 11.6. The van der Waals surface area contributed by atoms with Gasteiger partial charge in [-0.2, -0.15) is 0 Å². The molecular weight excluding hydrogens is 319 g/mol. The van der Waals surface area contributed by atoms with Crippen LogP contribution in [-0.2, 0) is 22.2 Å². The van der Waals surface area contributed by atoms with Gasteiger partial charge in [0, 0.05) is 17.2 Å². The molecule has 0 aliphatic rings. The summed E-state index contributed by atoms with van der Waals surface area (Å²) in [5, 5.41) is 0. The molecule has 0 unspecified atom stereocenters. The van der Waals surface area contributed by atoms with E-state index in [1.165, 1.54) is 12.1 Å². The molecule has 0 amide bonds. The lowest BCUT2D eigenvalue weighted by molar-refractivity contribution is 0.279. The van der Waals surface area contributed by atoms with Gasteiger partial charge in [-0.3, -0.25) is 0 Å². The van der Waals surface area contributed by atoms with E-state index in [4.69, 9.17) is 15.4 Å². The van der Waals surface area contributed by atoms with Gasteiger partial charge in [0.1, 0.15) is 6.61 Å². The fourth-order valence-electron chi connectivity index (χ4n) is 1.81. The van der Waals surface area contributed by atoms with Gasteiger partial charge in [0.25, 0.3) is 9.05 Å². The van der Waals surface area contributed by atoms with Crippen LogP contribution in [0, 0.1) is 5.82 Å². The molecule has 0 N–H and O–H groups in total. The second-order valence-corrected chi connectivity index (χ2v) is 6.96. The quantitative estimate of drug-likeness (QED) is 0.763. The molecule has 0 atom stereocenters. The van der Waals surface area contributed by atoms with Crippen molar-refractivity contribution in [2.75, 3.05) is 0 Å². The molecule has 0 saturated heterocycles. The molecule has 0 spiro atoms. The molecule has 0 radical (unpaired) electrons. The average Bonchev–Trinajstić information content (AvgIpc) is 2.84. The van der Waals surface area contributed by atoms with Crippen molar-refractivity contribution in [3.63, 3.8) is 0 Å². The summed E-state index contributed by atoms with van der Waals surface area (Å²) in [6.45, 7) is 2.98. The van der Waals surface area contributed by atoms with Crippen LogP contribution in [0.15, 0.2) is 35.6 Å². The summed E-state index contributed by atoms with van der Waals surface area (Å²) >= 11 is 0. The molecule has 0 aliphatic carbocycles. The van der Waals surface area contributed by atoms with Gasteiger partial charge in [0.2, 0.25) is 0 Å². The lowest BCUT2D eigenvalue weighted by Gasteiger charge is -2.10. The lowest BCUT2D eigenvalue weighted by Crippen LogP contribution is -2.06. The van der Waals surface area contributed by atoms with Crippen LogP contribution in [0.3, 0.4) is 0 Å². The van der Waals surface area contributed by atoms with Crippen molar-refractivity contribution in [2.45, 2.75) is 31.4 Å². The van der Waals surface area contributed by atoms with E-state index in [0.29, 0.717) is 0 Å². The van der Waals surface area contributed by atoms with Gasteiger partial charge in [-0.25, -0.2) is 17.8 Å². The monoisotopic (exact) mass is 332 g/mol. The number of aromatic nitrogens is 2. The van der Waals surface area contributed by atoms with Gasteiger partial charge in [0.05, 0.1) is 23.1 Å². The van der Waals surface area contributed by atoms with Crippen molar-refractivity contribution in [1.82, 2.24) is 9.55 Å². The molecule has 2 aromatic rings. The van der Waals surface area contributed by atoms with Crippen molar-refractivity contribution < 1.29 is 17.5 Å². The number of nitrogens with zero attached hydrogens (tertiary/aromatic N) is 2. The SMILES string of the molecule is CCCn1cncc1COc1ccc(S(=O)(=O)Cl)cc1F. The van der Waals surface area contributed by atoms with E-state index in [9.17, 15) is 12.8 Å². The first kappa shape index (κ1) is 15.8. The second-order valence-electron chi connectivity index (χ2n) is 4.40. The standard InChI is InChI=1S/C13H14ClFN2O3S/c1-2-5-17-9-16-7-10(17)8-20-13-4-3-11(6-12(13)15)21(14,18)19/h3-4,6-7,9H,2,5,8H2,1H3. The van der Waals surface area contributed by atoms with Gasteiger partial charge in [-0.15, -0.1) is 0 Å². The highest BCUT2D eigenvalue weighted by Crippen LogP contribution is 2.24. The van der Waals surface area contributed by atoms with E-state index in [1.807, 2.05) is 11.5 Å². The average molecular weight is 333 g/mol. The molecule has 1 aromatic heterocycles. The van der Waals surface area contributed by atoms with E-state index >= 15 is 0 Å². The third-order valence-corrected chi connectivity index (χ3v) is 4.17. The molecule has 0 fully saturated rings. The maximum Gasteiger partial charge on any atom is 0.261 e. The van der Waals surface area contributed by atoms with Crippen LogP contribution in [0.1, 0.15) is 19.0 Å². The number of rotatable bonds is 6. The largest absolute Gasteiger partial charge is 0.484 e. The van der Waals surface area contributed by atoms with E-state index < -0.39 is 14.9 Å². The van der Waals surface area contributed by atoms with Crippen LogP contribution in [0.2, 0.25) is 0 Å². The Balaban J connectivity index is 2.12. The fraction of sp³-hybridized carbons (Fsp3) is 0.308. The van der Waals surface area contributed by atoms with Crippen LogP contribution in [-0.4, -0.2) is 18.0 Å². The Bertz CT molecular complexity index is 731. The minimum Gasteiger partial charge on any atom is -0.484 e. The highest BCUT2D eigenvalue weighted by molar-refractivity contribution is 8.13. The van der Waals surface area contributed by atoms with E-state index in [1.54, 1.807) is 12.5 Å². The van der Waals surface area contributed by atoms with Crippen molar-refractivity contribution in [3.8, 4) is 5.75 Å². The Morgan fingerprint density at radius 1 is 1.43 bits per heavy atom. The predicted molar refractivity (Wildman–Crippen MR) is 76.3 cm³/mol. The molecular formula is C13H14ClFN2O3S. The first-order chi connectivity index (χ1) is 9.91. The molecule has 5 nitrogen and oxygen atoms in total. The molecule has 0 saturated carbocycles. The second kappa shape index (κ2) is 6.44. The summed E-state index contributed by atoms with van der Waals surface area (Å²) in [5.74, 6) is -0.818. The number of aryl methyl sites for hydroxylation is 1. The Kier molecular flexibility index (Phi) is 4.84. The van der Waals surface area contributed by atoms with E-state index in [2.05, 4.69) is 4.98 Å². The van der Waals surface area contributed by atoms with Crippen molar-refractivity contribution in [2.24, 2.45) is 0 Å². The third kappa shape index (κ3) is 3.95. The first-order valence-electron chi connectivity index (χ1n) is 6.28. The zero-order chi connectivity index (χ0) is 15.5. The number of halogens is 2. The van der Waals surface area contributed by atoms with Crippen LogP contribution >= 0.6 is 10.7 Å². The number of benzene rings is 1. The number of ether oxygens (including phenoxy) is 1. The summed E-state index contributed by atoms with van der Waals surface area (Å²) in [4.78, 5) is 3.71. The summed E-state index contributed by atoms with van der Waals surface area (Å²) < 4.78 is 43.3. The predicted octanol–water partition coefficient (Wildman–Crippen LogP) is 2.94. The highest BCUT2D eigenvalue weighted by Gasteiger charge is 2.14. The topological polar surface area (TPSA) is 61.2 Å². The first-order valence-corrected chi connectivity index (χ1v) is 8.58. The van der Waals surface area contributed by atoms with E-state index in [-0.39, 0.29) is 17.3 Å². The van der Waals surface area contributed by atoms with Crippen LogP contribution in [0.4, 0.5) is 4.39 Å². The Morgan fingerprint density at radius 2 is 2.19 bits per heavy atom. The van der Waals surface area contributed by atoms with Crippen LogP contribution in [0.5, 0.6) is 5.75 Å². The van der Waals surface area contributed by atoms with Crippen molar-refractivity contribution in [3.05, 3.63) is 42.2 Å². The van der Waals surface area contributed by atoms with Crippen LogP contribution < -0.4 is 4.74 Å². The zero-order valence-corrected chi connectivity index (χ0v) is 12.9. The molecule has 8 heteroatoms. The van der Waals surface area contributed by atoms with E-state index in [0.717, 1.165) is 24.7 Å². The number of imidazole rings is 1. The minimum absolute atomic E-state index is 0.0386. The molecule has 2 rings (SSSR count). The summed E-state index contributed by atoms with van der Waals surface area (Å²) in [7, 11) is 1.20. The Labute approximate surface area is 126 Å². The van der Waals surface area contributed by atoms with Crippen molar-refractivity contribution in [1.29, 1.82) is 0 Å². The molecule has 21 heavy (non-hydrogen) atoms. The molecule has 114 valence electrons. The van der Waals surface area contributed by atoms with Gasteiger partial charge >= 0.3 is 0 Å². The maximum atomic E-state index is 13.8.